The van der Waals surface area contributed by atoms with Crippen LogP contribution >= 0.6 is 0 Å². The summed E-state index contributed by atoms with van der Waals surface area (Å²) in [6.07, 6.45) is 8.52. The maximum Gasteiger partial charge on any atom is 0.268 e. The maximum atomic E-state index is 13.3. The van der Waals surface area contributed by atoms with Crippen LogP contribution < -0.4 is 20.7 Å². The lowest BCUT2D eigenvalue weighted by molar-refractivity contribution is 0.0930. The SMILES string of the molecule is COc1ccc2[nH]c(C(=O)NC(CC3CCCCC3)C(=C=O)NC(C=C=O)C[C@@H]3CCNC3=C=O)cc2c1. The van der Waals surface area contributed by atoms with Crippen molar-refractivity contribution < 1.29 is 23.9 Å². The fourth-order valence-electron chi connectivity index (χ4n) is 5.58. The Morgan fingerprint density at radius 2 is 1.92 bits per heavy atom. The second-order valence-electron chi connectivity index (χ2n) is 10.1. The van der Waals surface area contributed by atoms with Gasteiger partial charge in [-0.1, -0.05) is 32.1 Å². The molecular weight excluding hydrogens is 484 g/mol. The van der Waals surface area contributed by atoms with Gasteiger partial charge in [0.1, 0.15) is 35.0 Å². The molecule has 1 aromatic heterocycles. The molecule has 1 saturated carbocycles. The zero-order chi connectivity index (χ0) is 26.9. The van der Waals surface area contributed by atoms with Gasteiger partial charge in [-0.15, -0.1) is 0 Å². The van der Waals surface area contributed by atoms with E-state index in [-0.39, 0.29) is 17.5 Å². The van der Waals surface area contributed by atoms with E-state index in [2.05, 4.69) is 20.9 Å². The number of amides is 1. The molecule has 4 rings (SSSR count). The van der Waals surface area contributed by atoms with E-state index in [1.165, 1.54) is 12.5 Å². The number of ether oxygens (including phenoxy) is 1. The highest BCUT2D eigenvalue weighted by Crippen LogP contribution is 2.29. The highest BCUT2D eigenvalue weighted by atomic mass is 16.5. The van der Waals surface area contributed by atoms with Crippen LogP contribution in [0.25, 0.3) is 10.9 Å². The molecule has 0 radical (unpaired) electrons. The molecule has 4 N–H and O–H groups in total. The first-order chi connectivity index (χ1) is 18.5. The maximum absolute atomic E-state index is 13.3. The molecule has 3 atom stereocenters. The average molecular weight is 519 g/mol. The largest absolute Gasteiger partial charge is 0.497 e. The van der Waals surface area contributed by atoms with E-state index in [9.17, 15) is 19.2 Å². The van der Waals surface area contributed by atoms with Crippen molar-refractivity contribution in [3.05, 3.63) is 47.4 Å². The summed E-state index contributed by atoms with van der Waals surface area (Å²) in [7, 11) is 1.59. The van der Waals surface area contributed by atoms with Crippen LogP contribution in [0.4, 0.5) is 0 Å². The van der Waals surface area contributed by atoms with Gasteiger partial charge in [0, 0.05) is 29.4 Å². The van der Waals surface area contributed by atoms with Crippen molar-refractivity contribution in [1.82, 2.24) is 20.9 Å². The quantitative estimate of drug-likeness (QED) is 0.337. The number of rotatable bonds is 11. The summed E-state index contributed by atoms with van der Waals surface area (Å²) in [5, 5.41) is 10.0. The lowest BCUT2D eigenvalue weighted by atomic mass is 9.84. The Bertz CT molecular complexity index is 1290. The summed E-state index contributed by atoms with van der Waals surface area (Å²) in [6, 6.07) is 6.09. The molecule has 38 heavy (non-hydrogen) atoms. The fourth-order valence-corrected chi connectivity index (χ4v) is 5.58. The van der Waals surface area contributed by atoms with E-state index in [0.717, 1.165) is 43.0 Å². The van der Waals surface area contributed by atoms with E-state index in [1.54, 1.807) is 19.1 Å². The molecule has 200 valence electrons. The van der Waals surface area contributed by atoms with Gasteiger partial charge in [0.05, 0.1) is 24.9 Å². The fraction of sp³-hybridized carbons (Fsp3) is 0.483. The van der Waals surface area contributed by atoms with Gasteiger partial charge >= 0.3 is 0 Å². The Kier molecular flexibility index (Phi) is 9.23. The number of fused-ring (bicyclic) bond motifs is 1. The molecule has 9 heteroatoms. The first kappa shape index (κ1) is 27.0. The van der Waals surface area contributed by atoms with Crippen molar-refractivity contribution in [2.75, 3.05) is 13.7 Å². The van der Waals surface area contributed by atoms with E-state index >= 15 is 0 Å². The van der Waals surface area contributed by atoms with Gasteiger partial charge in [0.25, 0.3) is 5.91 Å². The van der Waals surface area contributed by atoms with E-state index in [0.29, 0.717) is 42.4 Å². The molecule has 0 spiro atoms. The Labute approximate surface area is 221 Å². The highest BCUT2D eigenvalue weighted by Gasteiger charge is 2.29. The van der Waals surface area contributed by atoms with Crippen LogP contribution in [0.3, 0.4) is 0 Å². The summed E-state index contributed by atoms with van der Waals surface area (Å²) in [4.78, 5) is 51.2. The van der Waals surface area contributed by atoms with Gasteiger partial charge in [-0.2, -0.15) is 0 Å². The number of hydrogen-bond donors (Lipinski definition) is 4. The van der Waals surface area contributed by atoms with Crippen LogP contribution in [0.15, 0.2) is 41.7 Å². The van der Waals surface area contributed by atoms with Gasteiger partial charge in [-0.3, -0.25) is 4.79 Å². The summed E-state index contributed by atoms with van der Waals surface area (Å²) in [6.45, 7) is 0.653. The smallest absolute Gasteiger partial charge is 0.268 e. The van der Waals surface area contributed by atoms with Crippen LogP contribution in [0, 0.1) is 11.8 Å². The van der Waals surface area contributed by atoms with Crippen LogP contribution in [0.1, 0.15) is 61.9 Å². The van der Waals surface area contributed by atoms with Gasteiger partial charge in [-0.25, -0.2) is 14.4 Å². The Morgan fingerprint density at radius 3 is 2.63 bits per heavy atom. The molecular formula is C29H34N4O5. The number of aromatic nitrogens is 1. The zero-order valence-electron chi connectivity index (χ0n) is 21.6. The van der Waals surface area contributed by atoms with Crippen LogP contribution in [-0.2, 0) is 14.4 Å². The molecule has 2 aliphatic rings. The van der Waals surface area contributed by atoms with Crippen molar-refractivity contribution in [1.29, 1.82) is 0 Å². The minimum atomic E-state index is -0.616. The third kappa shape index (κ3) is 6.64. The van der Waals surface area contributed by atoms with E-state index in [4.69, 9.17) is 4.74 Å². The zero-order valence-corrected chi connectivity index (χ0v) is 21.6. The number of H-pyrrole nitrogens is 1. The lowest BCUT2D eigenvalue weighted by Gasteiger charge is -2.29. The molecule has 9 nitrogen and oxygen atoms in total. The standard InChI is InChI=1S/C29H34N4O5/c1-38-23-7-8-24-21(15-23)16-26(32-24)29(37)33-25(13-19-5-3-2-4-6-19)28(18-36)31-22(10-12-34)14-20-9-11-30-27(20)17-35/h7-8,10,15-16,19-20,22,25,30-32H,2-6,9,11,13-14H2,1H3,(H,33,37)/t20-,22?,25?/m0/s1. The van der Waals surface area contributed by atoms with Crippen LogP contribution in [0.2, 0.25) is 0 Å². The minimum Gasteiger partial charge on any atom is -0.497 e. The predicted octanol–water partition coefficient (Wildman–Crippen LogP) is 3.02. The molecule has 1 aliphatic heterocycles. The normalized spacial score (nSPS) is 18.9. The summed E-state index contributed by atoms with van der Waals surface area (Å²) in [5.74, 6) is 6.32. The van der Waals surface area contributed by atoms with Gasteiger partial charge < -0.3 is 25.7 Å². The second-order valence-corrected chi connectivity index (χ2v) is 10.1. The predicted molar refractivity (Wildman–Crippen MR) is 144 cm³/mol. The molecule has 2 heterocycles. The van der Waals surface area contributed by atoms with Gasteiger partial charge in [0.2, 0.25) is 0 Å². The molecule has 1 amide bonds. The monoisotopic (exact) mass is 518 g/mol. The number of methoxy groups -OCH3 is 1. The molecule has 1 aliphatic carbocycles. The Morgan fingerprint density at radius 1 is 1.11 bits per heavy atom. The summed E-state index contributed by atoms with van der Waals surface area (Å²) >= 11 is 0. The number of nitrogens with one attached hydrogen (secondary N) is 4. The molecule has 1 aromatic carbocycles. The average Bonchev–Trinajstić information content (AvgIpc) is 3.58. The number of carbonyl (C=O) groups is 1. The molecule has 1 saturated heterocycles. The second kappa shape index (κ2) is 13.0. The van der Waals surface area contributed by atoms with Crippen LogP contribution in [-0.4, -0.2) is 54.5 Å². The summed E-state index contributed by atoms with van der Waals surface area (Å²) in [5.41, 5.74) is 1.81. The van der Waals surface area contributed by atoms with Crippen LogP contribution in [0.5, 0.6) is 5.75 Å². The minimum absolute atomic E-state index is 0.114. The Balaban J connectivity index is 1.54. The third-order valence-corrected chi connectivity index (χ3v) is 7.61. The third-order valence-electron chi connectivity index (χ3n) is 7.61. The van der Waals surface area contributed by atoms with Crippen molar-refractivity contribution >= 4 is 34.6 Å². The van der Waals surface area contributed by atoms with E-state index in [1.807, 2.05) is 30.1 Å². The van der Waals surface area contributed by atoms with E-state index < -0.39 is 12.1 Å². The molecule has 2 unspecified atom stereocenters. The van der Waals surface area contributed by atoms with Gasteiger partial charge in [0.15, 0.2) is 0 Å². The number of aromatic amines is 1. The van der Waals surface area contributed by atoms with Crippen molar-refractivity contribution in [2.24, 2.45) is 11.8 Å². The van der Waals surface area contributed by atoms with Crippen molar-refractivity contribution in [3.8, 4) is 5.75 Å². The van der Waals surface area contributed by atoms with Gasteiger partial charge in [-0.05, 0) is 49.4 Å². The number of benzene rings is 1. The number of allylic oxidation sites excluding steroid dienone is 1. The molecule has 0 bridgehead atoms. The van der Waals surface area contributed by atoms with Crippen molar-refractivity contribution in [3.63, 3.8) is 0 Å². The lowest BCUT2D eigenvalue weighted by Crippen LogP contribution is -2.44. The topological polar surface area (TPSA) is 129 Å². The highest BCUT2D eigenvalue weighted by molar-refractivity contribution is 5.98. The summed E-state index contributed by atoms with van der Waals surface area (Å²) < 4.78 is 5.28. The number of carbonyl (C=O) groups excluding carboxylic acids is 4. The molecule has 2 fully saturated rings. The number of hydrogen-bond acceptors (Lipinski definition) is 7. The first-order valence-corrected chi connectivity index (χ1v) is 13.2. The first-order valence-electron chi connectivity index (χ1n) is 13.2. The molecule has 2 aromatic rings. The van der Waals surface area contributed by atoms with Crippen molar-refractivity contribution in [2.45, 2.75) is 63.5 Å². The Hall–Kier alpha value is -4.02.